The molecule has 0 aliphatic carbocycles. The fraction of sp³-hybridized carbons (Fsp3) is 0.176. The Kier molecular flexibility index (Phi) is 6.09. The highest BCUT2D eigenvalue weighted by Gasteiger charge is 2.22. The van der Waals surface area contributed by atoms with Crippen LogP contribution in [0, 0.1) is 15.2 Å². The summed E-state index contributed by atoms with van der Waals surface area (Å²) in [5.41, 5.74) is 2.09. The molecule has 3 rings (SSSR count). The van der Waals surface area contributed by atoms with E-state index in [0.717, 1.165) is 27.9 Å². The number of hydroxylamine groups is 1. The number of carbonyl (C=O) groups excluding carboxylic acids is 1. The Morgan fingerprint density at radius 1 is 1.32 bits per heavy atom. The van der Waals surface area contributed by atoms with Gasteiger partial charge < -0.3 is 15.5 Å². The average molecular weight is 521 g/mol. The molecule has 148 valence electrons. The van der Waals surface area contributed by atoms with Gasteiger partial charge in [0.1, 0.15) is 11.3 Å². The zero-order valence-corrected chi connectivity index (χ0v) is 17.3. The minimum absolute atomic E-state index is 0.0262. The van der Waals surface area contributed by atoms with Gasteiger partial charge in [0.25, 0.3) is 5.91 Å². The number of hydrogen-bond acceptors (Lipinski definition) is 7. The molecule has 1 amide bonds. The summed E-state index contributed by atoms with van der Waals surface area (Å²) < 4.78 is 29.4. The maximum atomic E-state index is 14.4. The van der Waals surface area contributed by atoms with Crippen molar-refractivity contribution < 1.29 is 28.6 Å². The Morgan fingerprint density at radius 2 is 2.07 bits per heavy atom. The highest BCUT2D eigenvalue weighted by molar-refractivity contribution is 14.1. The molecule has 0 saturated carbocycles. The van der Waals surface area contributed by atoms with E-state index in [4.69, 9.17) is 5.11 Å². The molecule has 0 aliphatic heterocycles. The summed E-state index contributed by atoms with van der Waals surface area (Å²) in [4.78, 5) is 20.9. The van der Waals surface area contributed by atoms with E-state index < -0.39 is 29.9 Å². The number of nitrogens with zero attached hydrogens (tertiary/aromatic N) is 1. The second kappa shape index (κ2) is 8.21. The summed E-state index contributed by atoms with van der Waals surface area (Å²) >= 11 is 3.02. The summed E-state index contributed by atoms with van der Waals surface area (Å²) in [5, 5.41) is 21.5. The fourth-order valence-corrected chi connectivity index (χ4v) is 3.51. The topological polar surface area (TPSA) is 104 Å². The first-order chi connectivity index (χ1) is 13.2. The number of carbonyl (C=O) groups is 1. The maximum Gasteiger partial charge on any atom is 0.275 e. The lowest BCUT2D eigenvalue weighted by Gasteiger charge is -2.20. The quantitative estimate of drug-likeness (QED) is 0.226. The summed E-state index contributed by atoms with van der Waals surface area (Å²) in [6.07, 6.45) is 0. The number of anilines is 2. The molecule has 1 heterocycles. The number of rotatable bonds is 6. The van der Waals surface area contributed by atoms with Crippen molar-refractivity contribution in [2.24, 2.45) is 0 Å². The van der Waals surface area contributed by atoms with Crippen LogP contribution in [0.3, 0.4) is 0 Å². The van der Waals surface area contributed by atoms with Gasteiger partial charge in [0, 0.05) is 9.13 Å². The van der Waals surface area contributed by atoms with Crippen LogP contribution in [-0.4, -0.2) is 33.5 Å². The fourth-order valence-electron chi connectivity index (χ4n) is 2.13. The molecule has 0 saturated heterocycles. The van der Waals surface area contributed by atoms with Gasteiger partial charge >= 0.3 is 0 Å². The van der Waals surface area contributed by atoms with Crippen LogP contribution < -0.4 is 10.8 Å². The van der Waals surface area contributed by atoms with Crippen LogP contribution in [0.5, 0.6) is 0 Å². The predicted molar refractivity (Wildman–Crippen MR) is 108 cm³/mol. The van der Waals surface area contributed by atoms with Crippen LogP contribution in [0.4, 0.5) is 19.6 Å². The number of halogens is 3. The molecule has 0 aliphatic rings. The van der Waals surface area contributed by atoms with E-state index >= 15 is 0 Å². The summed E-state index contributed by atoms with van der Waals surface area (Å²) in [5.74, 6) is -4.01. The Balaban J connectivity index is 1.84. The number of aliphatic hydroxyl groups is 2. The van der Waals surface area contributed by atoms with Crippen LogP contribution >= 0.6 is 33.9 Å². The average Bonchev–Trinajstić information content (AvgIpc) is 3.05. The number of aliphatic hydroxyl groups excluding tert-OH is 1. The van der Waals surface area contributed by atoms with E-state index in [9.17, 15) is 18.7 Å². The van der Waals surface area contributed by atoms with E-state index in [-0.39, 0.29) is 21.9 Å². The third-order valence-corrected chi connectivity index (χ3v) is 5.13. The smallest absolute Gasteiger partial charge is 0.275 e. The van der Waals surface area contributed by atoms with E-state index in [0.29, 0.717) is 4.70 Å². The monoisotopic (exact) mass is 521 g/mol. The predicted octanol–water partition coefficient (Wildman–Crippen LogP) is 3.28. The Labute approximate surface area is 175 Å². The molecule has 1 unspecified atom stereocenters. The Morgan fingerprint density at radius 3 is 2.75 bits per heavy atom. The number of thiazole rings is 1. The normalized spacial score (nSPS) is 13.4. The van der Waals surface area contributed by atoms with Gasteiger partial charge in [-0.3, -0.25) is 4.79 Å². The van der Waals surface area contributed by atoms with E-state index in [1.807, 2.05) is 28.1 Å². The molecule has 28 heavy (non-hydrogen) atoms. The van der Waals surface area contributed by atoms with Crippen LogP contribution in [0.15, 0.2) is 30.3 Å². The van der Waals surface area contributed by atoms with E-state index in [2.05, 4.69) is 15.1 Å². The standard InChI is InChI=1S/C17H14F2IN3O4S/c1-17(26,7-24)27-23-15(25)8-4-11(19)14-13(5-8)28-16(22-14)21-12-3-2-9(20)6-10(12)18/h2-6,24,26H,7H2,1H3,(H,21,22)(H,23,25). The molecule has 7 nitrogen and oxygen atoms in total. The molecular weight excluding hydrogens is 507 g/mol. The highest BCUT2D eigenvalue weighted by atomic mass is 127. The van der Waals surface area contributed by atoms with Crippen LogP contribution in [0.1, 0.15) is 17.3 Å². The van der Waals surface area contributed by atoms with Gasteiger partial charge in [-0.1, -0.05) is 11.3 Å². The maximum absolute atomic E-state index is 14.4. The van der Waals surface area contributed by atoms with E-state index in [1.165, 1.54) is 12.1 Å². The van der Waals surface area contributed by atoms with Gasteiger partial charge in [-0.25, -0.2) is 24.1 Å². The summed E-state index contributed by atoms with van der Waals surface area (Å²) in [7, 11) is 0. The zero-order chi connectivity index (χ0) is 20.5. The van der Waals surface area contributed by atoms with Crippen LogP contribution in [0.25, 0.3) is 10.2 Å². The number of benzene rings is 2. The van der Waals surface area contributed by atoms with Crippen molar-refractivity contribution in [2.45, 2.75) is 12.7 Å². The minimum Gasteiger partial charge on any atom is -0.391 e. The largest absolute Gasteiger partial charge is 0.391 e. The second-order valence-corrected chi connectivity index (χ2v) is 8.22. The van der Waals surface area contributed by atoms with Gasteiger partial charge in [0.2, 0.25) is 5.79 Å². The van der Waals surface area contributed by atoms with Crippen LogP contribution in [-0.2, 0) is 4.84 Å². The molecule has 0 spiro atoms. The van der Waals surface area contributed by atoms with Crippen molar-refractivity contribution in [3.8, 4) is 0 Å². The van der Waals surface area contributed by atoms with Crippen molar-refractivity contribution in [3.05, 3.63) is 51.1 Å². The highest BCUT2D eigenvalue weighted by Crippen LogP contribution is 2.32. The first-order valence-corrected chi connectivity index (χ1v) is 9.72. The summed E-state index contributed by atoms with van der Waals surface area (Å²) in [6, 6.07) is 6.95. The third-order valence-electron chi connectivity index (χ3n) is 3.54. The molecule has 1 aromatic heterocycles. The number of nitrogens with one attached hydrogen (secondary N) is 2. The van der Waals surface area contributed by atoms with Crippen molar-refractivity contribution >= 4 is 60.9 Å². The zero-order valence-electron chi connectivity index (χ0n) is 14.3. The van der Waals surface area contributed by atoms with Gasteiger partial charge in [0.05, 0.1) is 17.0 Å². The lowest BCUT2D eigenvalue weighted by molar-refractivity contribution is -0.235. The molecule has 0 fully saturated rings. The van der Waals surface area contributed by atoms with Crippen molar-refractivity contribution in [1.29, 1.82) is 0 Å². The Bertz CT molecular complexity index is 1040. The van der Waals surface area contributed by atoms with Gasteiger partial charge in [-0.15, -0.1) is 0 Å². The number of aromatic nitrogens is 1. The molecule has 0 bridgehead atoms. The molecule has 2 aromatic carbocycles. The third kappa shape index (κ3) is 4.72. The molecule has 11 heteroatoms. The van der Waals surface area contributed by atoms with Crippen molar-refractivity contribution in [3.63, 3.8) is 0 Å². The first-order valence-electron chi connectivity index (χ1n) is 7.82. The first kappa shape index (κ1) is 20.8. The molecular formula is C17H14F2IN3O4S. The van der Waals surface area contributed by atoms with Crippen molar-refractivity contribution in [1.82, 2.24) is 10.5 Å². The van der Waals surface area contributed by atoms with Gasteiger partial charge in [0.15, 0.2) is 10.9 Å². The molecule has 4 N–H and O–H groups in total. The second-order valence-electron chi connectivity index (χ2n) is 5.94. The van der Waals surface area contributed by atoms with Gasteiger partial charge in [-0.2, -0.15) is 0 Å². The van der Waals surface area contributed by atoms with E-state index in [1.54, 1.807) is 12.1 Å². The number of hydrogen-bond donors (Lipinski definition) is 4. The van der Waals surface area contributed by atoms with Crippen molar-refractivity contribution in [2.75, 3.05) is 11.9 Å². The van der Waals surface area contributed by atoms with Crippen LogP contribution in [0.2, 0.25) is 0 Å². The summed E-state index contributed by atoms with van der Waals surface area (Å²) in [6.45, 7) is 0.390. The van der Waals surface area contributed by atoms with Gasteiger partial charge in [-0.05, 0) is 59.8 Å². The number of fused-ring (bicyclic) bond motifs is 1. The molecule has 1 atom stereocenters. The lowest BCUT2D eigenvalue weighted by atomic mass is 10.2. The number of amides is 1. The molecule has 3 aromatic rings. The SMILES string of the molecule is CC(O)(CO)ONC(=O)c1cc(F)c2nc(Nc3ccc(I)cc3F)sc2c1. The minimum atomic E-state index is -1.97. The molecule has 0 radical (unpaired) electrons. The Hall–Kier alpha value is -1.93. The lowest BCUT2D eigenvalue weighted by Crippen LogP contribution is -2.40.